The summed E-state index contributed by atoms with van der Waals surface area (Å²) >= 11 is 0. The van der Waals surface area contributed by atoms with E-state index in [1.807, 2.05) is 20.0 Å². The first kappa shape index (κ1) is 15.0. The minimum Gasteiger partial charge on any atom is -0.374 e. The number of hydrogen-bond donors (Lipinski definition) is 1. The van der Waals surface area contributed by atoms with Crippen LogP contribution >= 0.6 is 0 Å². The van der Waals surface area contributed by atoms with E-state index in [4.69, 9.17) is 4.74 Å². The Hall–Kier alpha value is -1.36. The minimum absolute atomic E-state index is 0.472. The van der Waals surface area contributed by atoms with Crippen molar-refractivity contribution in [2.45, 2.75) is 39.7 Å². The molecule has 0 spiro atoms. The first-order valence-corrected chi connectivity index (χ1v) is 7.65. The molecule has 0 saturated heterocycles. The van der Waals surface area contributed by atoms with Crippen LogP contribution in [0.3, 0.4) is 0 Å². The summed E-state index contributed by atoms with van der Waals surface area (Å²) in [6, 6.07) is 2.03. The molecule has 0 aromatic carbocycles. The van der Waals surface area contributed by atoms with Gasteiger partial charge < -0.3 is 15.0 Å². The van der Waals surface area contributed by atoms with Gasteiger partial charge in [-0.25, -0.2) is 9.97 Å². The minimum atomic E-state index is 0.472. The van der Waals surface area contributed by atoms with Crippen molar-refractivity contribution in [1.82, 2.24) is 9.97 Å². The Bertz CT molecular complexity index is 420. The number of nitrogens with one attached hydrogen (secondary N) is 1. The Balaban J connectivity index is 2.13. The topological polar surface area (TPSA) is 50.3 Å². The molecule has 0 atom stereocenters. The summed E-state index contributed by atoms with van der Waals surface area (Å²) in [7, 11) is 1.89. The number of rotatable bonds is 8. The lowest BCUT2D eigenvalue weighted by atomic mass is 9.85. The predicted molar refractivity (Wildman–Crippen MR) is 82.1 cm³/mol. The molecule has 112 valence electrons. The Morgan fingerprint density at radius 1 is 1.35 bits per heavy atom. The first-order chi connectivity index (χ1) is 9.76. The number of ether oxygens (including phenoxy) is 1. The van der Waals surface area contributed by atoms with Crippen molar-refractivity contribution in [3.63, 3.8) is 0 Å². The normalized spacial score (nSPS) is 14.9. The predicted octanol–water partition coefficient (Wildman–Crippen LogP) is 2.68. The van der Waals surface area contributed by atoms with Crippen molar-refractivity contribution in [3.05, 3.63) is 11.9 Å². The molecule has 5 heteroatoms. The van der Waals surface area contributed by atoms with Gasteiger partial charge in [-0.05, 0) is 32.6 Å². The Morgan fingerprint density at radius 3 is 2.70 bits per heavy atom. The summed E-state index contributed by atoms with van der Waals surface area (Å²) in [5, 5.41) is 3.11. The molecule has 0 radical (unpaired) electrons. The van der Waals surface area contributed by atoms with Crippen LogP contribution in [0.25, 0.3) is 0 Å². The van der Waals surface area contributed by atoms with E-state index >= 15 is 0 Å². The van der Waals surface area contributed by atoms with Crippen molar-refractivity contribution in [3.8, 4) is 0 Å². The molecule has 0 unspecified atom stereocenters. The van der Waals surface area contributed by atoms with E-state index in [1.165, 1.54) is 19.3 Å². The van der Waals surface area contributed by atoms with Crippen LogP contribution in [0.5, 0.6) is 0 Å². The molecule has 1 aromatic rings. The van der Waals surface area contributed by atoms with Crippen molar-refractivity contribution in [1.29, 1.82) is 0 Å². The number of aromatic nitrogens is 2. The number of anilines is 2. The maximum atomic E-state index is 5.43. The van der Waals surface area contributed by atoms with Crippen LogP contribution in [-0.2, 0) is 11.3 Å². The highest BCUT2D eigenvalue weighted by atomic mass is 16.5. The fourth-order valence-corrected chi connectivity index (χ4v) is 2.40. The molecule has 0 amide bonds. The third-order valence-corrected chi connectivity index (χ3v) is 3.86. The van der Waals surface area contributed by atoms with Gasteiger partial charge >= 0.3 is 0 Å². The van der Waals surface area contributed by atoms with Crippen LogP contribution in [0.2, 0.25) is 0 Å². The van der Waals surface area contributed by atoms with E-state index in [2.05, 4.69) is 27.1 Å². The molecule has 1 N–H and O–H groups in total. The Kier molecular flexibility index (Phi) is 5.59. The summed E-state index contributed by atoms with van der Waals surface area (Å²) in [5.41, 5.74) is 0. The number of nitrogens with zero attached hydrogens (tertiary/aromatic N) is 3. The van der Waals surface area contributed by atoms with Gasteiger partial charge in [-0.15, -0.1) is 0 Å². The van der Waals surface area contributed by atoms with Gasteiger partial charge in [0.1, 0.15) is 18.2 Å². The average Bonchev–Trinajstić information content (AvgIpc) is 2.43. The van der Waals surface area contributed by atoms with Crippen LogP contribution in [0.1, 0.15) is 38.9 Å². The van der Waals surface area contributed by atoms with Gasteiger partial charge in [0.2, 0.25) is 0 Å². The van der Waals surface area contributed by atoms with E-state index in [9.17, 15) is 0 Å². The number of hydrogen-bond acceptors (Lipinski definition) is 5. The van der Waals surface area contributed by atoms with Crippen LogP contribution in [0, 0.1) is 5.92 Å². The quantitative estimate of drug-likeness (QED) is 0.792. The Morgan fingerprint density at radius 2 is 2.15 bits per heavy atom. The van der Waals surface area contributed by atoms with E-state index in [0.717, 1.165) is 36.5 Å². The lowest BCUT2D eigenvalue weighted by molar-refractivity contribution is 0.128. The lowest BCUT2D eigenvalue weighted by Crippen LogP contribution is -2.33. The summed E-state index contributed by atoms with van der Waals surface area (Å²) in [5.74, 6) is 3.45. The maximum absolute atomic E-state index is 5.43. The molecule has 5 nitrogen and oxygen atoms in total. The smallest absolute Gasteiger partial charge is 0.158 e. The molecular formula is C15H26N4O. The van der Waals surface area contributed by atoms with Gasteiger partial charge in [0.15, 0.2) is 5.82 Å². The molecule has 0 bridgehead atoms. The third kappa shape index (κ3) is 3.82. The monoisotopic (exact) mass is 278 g/mol. The summed E-state index contributed by atoms with van der Waals surface area (Å²) in [6.07, 6.45) is 4.09. The van der Waals surface area contributed by atoms with Gasteiger partial charge in [0, 0.05) is 32.8 Å². The Labute approximate surface area is 121 Å². The fourth-order valence-electron chi connectivity index (χ4n) is 2.40. The molecule has 1 aliphatic rings. The zero-order valence-electron chi connectivity index (χ0n) is 12.9. The molecule has 1 saturated carbocycles. The van der Waals surface area contributed by atoms with Gasteiger partial charge in [0.05, 0.1) is 0 Å². The lowest BCUT2D eigenvalue weighted by Gasteiger charge is -2.32. The first-order valence-electron chi connectivity index (χ1n) is 7.65. The molecule has 1 aliphatic carbocycles. The second-order valence-corrected chi connectivity index (χ2v) is 5.25. The highest BCUT2D eigenvalue weighted by Crippen LogP contribution is 2.28. The average molecular weight is 278 g/mol. The third-order valence-electron chi connectivity index (χ3n) is 3.86. The highest BCUT2D eigenvalue weighted by molar-refractivity contribution is 5.49. The maximum Gasteiger partial charge on any atom is 0.158 e. The van der Waals surface area contributed by atoms with Gasteiger partial charge in [0.25, 0.3) is 0 Å². The van der Waals surface area contributed by atoms with Crippen molar-refractivity contribution in [2.75, 3.05) is 37.0 Å². The highest BCUT2D eigenvalue weighted by Gasteiger charge is 2.21. The summed E-state index contributed by atoms with van der Waals surface area (Å²) in [4.78, 5) is 11.4. The van der Waals surface area contributed by atoms with E-state index in [1.54, 1.807) is 0 Å². The molecule has 0 aliphatic heterocycles. The second-order valence-electron chi connectivity index (χ2n) is 5.25. The molecular weight excluding hydrogens is 252 g/mol. The molecule has 1 aromatic heterocycles. The molecule has 20 heavy (non-hydrogen) atoms. The molecule has 2 rings (SSSR count). The fraction of sp³-hybridized carbons (Fsp3) is 0.733. The standard InChI is InChI=1S/C15H26N4O/c1-4-19(10-12-7-6-8-12)15-9-13(16-3)17-14(18-15)11-20-5-2/h9,12H,4-8,10-11H2,1-3H3,(H,16,17,18). The van der Waals surface area contributed by atoms with Gasteiger partial charge in [-0.1, -0.05) is 6.42 Å². The van der Waals surface area contributed by atoms with Crippen LogP contribution in [0.4, 0.5) is 11.6 Å². The summed E-state index contributed by atoms with van der Waals surface area (Å²) in [6.45, 7) is 7.40. The summed E-state index contributed by atoms with van der Waals surface area (Å²) < 4.78 is 5.43. The van der Waals surface area contributed by atoms with Crippen LogP contribution in [0.15, 0.2) is 6.07 Å². The van der Waals surface area contributed by atoms with E-state index in [0.29, 0.717) is 13.2 Å². The van der Waals surface area contributed by atoms with Crippen molar-refractivity contribution >= 4 is 11.6 Å². The van der Waals surface area contributed by atoms with E-state index in [-0.39, 0.29) is 0 Å². The van der Waals surface area contributed by atoms with Gasteiger partial charge in [-0.3, -0.25) is 0 Å². The zero-order valence-corrected chi connectivity index (χ0v) is 12.9. The molecule has 1 heterocycles. The van der Waals surface area contributed by atoms with Gasteiger partial charge in [-0.2, -0.15) is 0 Å². The van der Waals surface area contributed by atoms with Crippen LogP contribution in [-0.4, -0.2) is 36.7 Å². The van der Waals surface area contributed by atoms with Crippen molar-refractivity contribution < 1.29 is 4.74 Å². The van der Waals surface area contributed by atoms with Crippen LogP contribution < -0.4 is 10.2 Å². The van der Waals surface area contributed by atoms with E-state index < -0.39 is 0 Å². The van der Waals surface area contributed by atoms with Crippen molar-refractivity contribution in [2.24, 2.45) is 5.92 Å². The molecule has 1 fully saturated rings. The SMILES string of the molecule is CCOCc1nc(NC)cc(N(CC)CC2CCC2)n1. The second kappa shape index (κ2) is 7.43. The largest absolute Gasteiger partial charge is 0.374 e. The zero-order chi connectivity index (χ0) is 14.4.